The summed E-state index contributed by atoms with van der Waals surface area (Å²) in [7, 11) is 1.28. The number of H-pyrrole nitrogens is 1. The topological polar surface area (TPSA) is 136 Å². The van der Waals surface area contributed by atoms with Gasteiger partial charge in [0.2, 0.25) is 0 Å². The molecule has 1 heterocycles. The van der Waals surface area contributed by atoms with Crippen LogP contribution in [0.1, 0.15) is 15.9 Å². The van der Waals surface area contributed by atoms with Crippen molar-refractivity contribution in [1.29, 1.82) is 0 Å². The maximum absolute atomic E-state index is 12.8. The predicted molar refractivity (Wildman–Crippen MR) is 109 cm³/mol. The van der Waals surface area contributed by atoms with Gasteiger partial charge in [-0.15, -0.1) is 0 Å². The molecule has 154 valence electrons. The molecule has 0 aliphatic rings. The predicted octanol–water partition coefficient (Wildman–Crippen LogP) is 2.41. The largest absolute Gasteiger partial charge is 0.494 e. The zero-order valence-electron chi connectivity index (χ0n) is 15.5. The summed E-state index contributed by atoms with van der Waals surface area (Å²) >= 11 is 6.09. The van der Waals surface area contributed by atoms with Crippen molar-refractivity contribution in [2.45, 2.75) is 6.54 Å². The van der Waals surface area contributed by atoms with Crippen LogP contribution in [0.4, 0.5) is 11.4 Å². The molecule has 3 aromatic rings. The smallest absolute Gasteiger partial charge is 0.328 e. The second-order valence-corrected chi connectivity index (χ2v) is 6.49. The first-order valence-corrected chi connectivity index (χ1v) is 8.89. The van der Waals surface area contributed by atoms with Crippen LogP contribution >= 0.6 is 11.6 Å². The minimum absolute atomic E-state index is 0.0402. The molecular weight excluding hydrogens is 416 g/mol. The van der Waals surface area contributed by atoms with Crippen LogP contribution in [0.2, 0.25) is 5.02 Å². The molecule has 30 heavy (non-hydrogen) atoms. The number of halogens is 1. The van der Waals surface area contributed by atoms with Crippen LogP contribution in [0.25, 0.3) is 0 Å². The van der Waals surface area contributed by atoms with Crippen LogP contribution in [0.15, 0.2) is 58.3 Å². The van der Waals surface area contributed by atoms with E-state index in [0.29, 0.717) is 10.6 Å². The number of nitro benzene ring substituents is 1. The average molecular weight is 431 g/mol. The third-order valence-electron chi connectivity index (χ3n) is 4.24. The number of hydrogen-bond acceptors (Lipinski definition) is 6. The number of anilines is 1. The van der Waals surface area contributed by atoms with Gasteiger partial charge in [-0.05, 0) is 17.7 Å². The lowest BCUT2D eigenvalue weighted by Crippen LogP contribution is -2.39. The van der Waals surface area contributed by atoms with Gasteiger partial charge in [0, 0.05) is 17.3 Å². The number of ether oxygens (including phenoxy) is 1. The fraction of sp³-hybridized carbons (Fsp3) is 0.105. The summed E-state index contributed by atoms with van der Waals surface area (Å²) in [6, 6.07) is 10.3. The zero-order chi connectivity index (χ0) is 21.8. The van der Waals surface area contributed by atoms with Crippen molar-refractivity contribution in [2.75, 3.05) is 12.4 Å². The number of carbonyl (C=O) groups is 1. The van der Waals surface area contributed by atoms with Crippen molar-refractivity contribution in [3.63, 3.8) is 0 Å². The van der Waals surface area contributed by atoms with Gasteiger partial charge in [0.25, 0.3) is 17.2 Å². The molecule has 10 nitrogen and oxygen atoms in total. The first-order valence-electron chi connectivity index (χ1n) is 8.51. The Kier molecular flexibility index (Phi) is 5.98. The first kappa shape index (κ1) is 20.8. The van der Waals surface area contributed by atoms with Crippen molar-refractivity contribution in [2.24, 2.45) is 0 Å². The van der Waals surface area contributed by atoms with E-state index in [9.17, 15) is 24.5 Å². The van der Waals surface area contributed by atoms with Crippen LogP contribution in [-0.2, 0) is 6.54 Å². The first-order chi connectivity index (χ1) is 14.3. The molecule has 11 heteroatoms. The van der Waals surface area contributed by atoms with Crippen LogP contribution in [0.3, 0.4) is 0 Å². The van der Waals surface area contributed by atoms with Crippen molar-refractivity contribution in [3.05, 3.63) is 95.8 Å². The summed E-state index contributed by atoms with van der Waals surface area (Å²) in [5, 5.41) is 13.7. The number of benzene rings is 2. The molecule has 1 amide bonds. The van der Waals surface area contributed by atoms with Crippen LogP contribution < -0.4 is 21.3 Å². The minimum atomic E-state index is -0.823. The molecule has 0 bridgehead atoms. The van der Waals surface area contributed by atoms with E-state index in [1.54, 1.807) is 24.3 Å². The Labute approximate surface area is 173 Å². The number of aromatic nitrogens is 2. The molecule has 3 rings (SSSR count). The van der Waals surface area contributed by atoms with E-state index in [4.69, 9.17) is 16.3 Å². The third-order valence-corrected chi connectivity index (χ3v) is 4.60. The fourth-order valence-electron chi connectivity index (χ4n) is 2.70. The Morgan fingerprint density at radius 2 is 2.00 bits per heavy atom. The second kappa shape index (κ2) is 8.62. The molecule has 0 atom stereocenters. The van der Waals surface area contributed by atoms with E-state index in [1.807, 2.05) is 0 Å². The number of hydrogen-bond donors (Lipinski definition) is 2. The van der Waals surface area contributed by atoms with E-state index in [0.717, 1.165) is 16.8 Å². The molecule has 0 aliphatic heterocycles. The molecule has 2 N–H and O–H groups in total. The van der Waals surface area contributed by atoms with E-state index < -0.39 is 22.1 Å². The van der Waals surface area contributed by atoms with Gasteiger partial charge in [-0.3, -0.25) is 24.3 Å². The quantitative estimate of drug-likeness (QED) is 0.455. The molecule has 0 spiro atoms. The highest BCUT2D eigenvalue weighted by Crippen LogP contribution is 2.29. The molecule has 0 aliphatic carbocycles. The lowest BCUT2D eigenvalue weighted by molar-refractivity contribution is -0.384. The van der Waals surface area contributed by atoms with Crippen molar-refractivity contribution in [1.82, 2.24) is 9.55 Å². The normalized spacial score (nSPS) is 10.5. The van der Waals surface area contributed by atoms with Gasteiger partial charge in [0.1, 0.15) is 11.3 Å². The van der Waals surface area contributed by atoms with E-state index in [2.05, 4.69) is 10.3 Å². The summed E-state index contributed by atoms with van der Waals surface area (Å²) in [6.07, 6.45) is 1.00. The molecule has 0 fully saturated rings. The highest BCUT2D eigenvalue weighted by atomic mass is 35.5. The standard InChI is InChI=1S/C19H15ClN4O6/c1-30-16-8-12(24(28)29)6-7-15(16)22-17(25)13-9-21-19(27)23(18(13)26)10-11-4-2-3-5-14(11)20/h2-9H,10H2,1H3,(H,21,27)(H,22,25). The number of non-ortho nitro benzene ring substituents is 1. The zero-order valence-corrected chi connectivity index (χ0v) is 16.3. The molecule has 0 saturated carbocycles. The number of nitrogens with one attached hydrogen (secondary N) is 2. The van der Waals surface area contributed by atoms with Gasteiger partial charge in [-0.2, -0.15) is 0 Å². The summed E-state index contributed by atoms with van der Waals surface area (Å²) < 4.78 is 5.91. The number of nitrogens with zero attached hydrogens (tertiary/aromatic N) is 2. The summed E-state index contributed by atoms with van der Waals surface area (Å²) in [5.74, 6) is -0.783. The average Bonchev–Trinajstić information content (AvgIpc) is 2.72. The Morgan fingerprint density at radius 3 is 2.67 bits per heavy atom. The van der Waals surface area contributed by atoms with Crippen molar-refractivity contribution in [3.8, 4) is 5.75 Å². The maximum Gasteiger partial charge on any atom is 0.328 e. The summed E-state index contributed by atoms with van der Waals surface area (Å²) in [4.78, 5) is 50.2. The van der Waals surface area contributed by atoms with Gasteiger partial charge >= 0.3 is 5.69 Å². The Balaban J connectivity index is 1.94. The lowest BCUT2D eigenvalue weighted by Gasteiger charge is -2.11. The van der Waals surface area contributed by atoms with Crippen molar-refractivity contribution < 1.29 is 14.5 Å². The second-order valence-electron chi connectivity index (χ2n) is 6.09. The maximum atomic E-state index is 12.8. The monoisotopic (exact) mass is 430 g/mol. The van der Waals surface area contributed by atoms with Gasteiger partial charge in [-0.25, -0.2) is 4.79 Å². The number of aromatic amines is 1. The molecule has 0 saturated heterocycles. The fourth-order valence-corrected chi connectivity index (χ4v) is 2.90. The minimum Gasteiger partial charge on any atom is -0.494 e. The molecule has 1 aromatic heterocycles. The van der Waals surface area contributed by atoms with Crippen LogP contribution in [-0.4, -0.2) is 27.5 Å². The summed E-state index contributed by atoms with van der Waals surface area (Å²) in [5.41, 5.74) is -1.43. The number of rotatable bonds is 6. The highest BCUT2D eigenvalue weighted by Gasteiger charge is 2.18. The number of amides is 1. The van der Waals surface area contributed by atoms with E-state index >= 15 is 0 Å². The third kappa shape index (κ3) is 4.23. The summed E-state index contributed by atoms with van der Waals surface area (Å²) in [6.45, 7) is -0.129. The van der Waals surface area contributed by atoms with Gasteiger partial charge in [-0.1, -0.05) is 29.8 Å². The number of carbonyl (C=O) groups excluding carboxylic acids is 1. The van der Waals surface area contributed by atoms with Crippen LogP contribution in [0.5, 0.6) is 5.75 Å². The molecular formula is C19H15ClN4O6. The highest BCUT2D eigenvalue weighted by molar-refractivity contribution is 6.31. The molecule has 0 unspecified atom stereocenters. The van der Waals surface area contributed by atoms with Crippen molar-refractivity contribution >= 4 is 28.9 Å². The Morgan fingerprint density at radius 1 is 1.27 bits per heavy atom. The molecule has 2 aromatic carbocycles. The van der Waals surface area contributed by atoms with E-state index in [-0.39, 0.29) is 29.2 Å². The Bertz CT molecular complexity index is 1250. The Hall–Kier alpha value is -3.92. The number of nitro groups is 1. The van der Waals surface area contributed by atoms with Gasteiger partial charge in [0.05, 0.1) is 30.3 Å². The SMILES string of the molecule is COc1cc([N+](=O)[O-])ccc1NC(=O)c1c[nH]c(=O)n(Cc2ccccc2Cl)c1=O. The van der Waals surface area contributed by atoms with Gasteiger partial charge in [0.15, 0.2) is 0 Å². The van der Waals surface area contributed by atoms with Crippen LogP contribution in [0, 0.1) is 10.1 Å². The van der Waals surface area contributed by atoms with E-state index in [1.165, 1.54) is 19.2 Å². The number of methoxy groups -OCH3 is 1. The van der Waals surface area contributed by atoms with Gasteiger partial charge < -0.3 is 15.0 Å². The lowest BCUT2D eigenvalue weighted by atomic mass is 10.2. The molecule has 0 radical (unpaired) electrons.